The van der Waals surface area contributed by atoms with E-state index in [0.717, 1.165) is 6.42 Å². The third-order valence-electron chi connectivity index (χ3n) is 6.65. The summed E-state index contributed by atoms with van der Waals surface area (Å²) in [6.45, 7) is 13.8. The van der Waals surface area contributed by atoms with Gasteiger partial charge in [-0.3, -0.25) is 14.4 Å². The molecule has 33 heavy (non-hydrogen) atoms. The molecule has 3 aliphatic rings. The number of hydrogen-bond acceptors (Lipinski definition) is 6. The molecular weight excluding hydrogens is 424 g/mol. The predicted molar refractivity (Wildman–Crippen MR) is 121 cm³/mol. The molecule has 0 saturated carbocycles. The van der Waals surface area contributed by atoms with Gasteiger partial charge in [0.05, 0.1) is 17.4 Å². The monoisotopic (exact) mass is 458 g/mol. The van der Waals surface area contributed by atoms with Crippen molar-refractivity contribution in [3.8, 4) is 0 Å². The number of fused-ring (bicyclic) bond motifs is 1. The van der Waals surface area contributed by atoms with Gasteiger partial charge in [-0.05, 0) is 47.0 Å². The molecule has 2 N–H and O–H groups in total. The number of rotatable bonds is 6. The van der Waals surface area contributed by atoms with E-state index >= 15 is 0 Å². The number of likely N-dealkylation sites (tertiary alicyclic amines) is 1. The molecule has 3 amide bonds. The zero-order valence-corrected chi connectivity index (χ0v) is 20.4. The number of carbonyl (C=O) groups excluding carboxylic acids is 3. The summed E-state index contributed by atoms with van der Waals surface area (Å²) < 4.78 is 11.5. The van der Waals surface area contributed by atoms with E-state index in [4.69, 9.17) is 9.26 Å². The summed E-state index contributed by atoms with van der Waals surface area (Å²) in [5, 5.41) is 9.62. The molecule has 2 saturated heterocycles. The summed E-state index contributed by atoms with van der Waals surface area (Å²) in [5.74, 6) is -1.29. The molecule has 0 aliphatic carbocycles. The lowest BCUT2D eigenvalue weighted by molar-refractivity contribution is -0.144. The maximum Gasteiger partial charge on any atom is 0.246 e. The van der Waals surface area contributed by atoms with Crippen LogP contribution < -0.4 is 10.6 Å². The minimum absolute atomic E-state index is 0.228. The van der Waals surface area contributed by atoms with E-state index in [1.165, 1.54) is 0 Å². The zero-order chi connectivity index (χ0) is 24.3. The first-order chi connectivity index (χ1) is 15.3. The maximum absolute atomic E-state index is 13.8. The smallest absolute Gasteiger partial charge is 0.246 e. The summed E-state index contributed by atoms with van der Waals surface area (Å²) >= 11 is 0. The number of anilines is 1. The van der Waals surface area contributed by atoms with E-state index < -0.39 is 34.6 Å². The van der Waals surface area contributed by atoms with Gasteiger partial charge in [0.15, 0.2) is 5.82 Å². The first-order valence-corrected chi connectivity index (χ1v) is 11.5. The SMILES string of the molecule is Cc1cc(NC(=O)[C@@H]2[C@H]3C(=O)N(CCC(C)C)[C@H](C(=O)NC(C)(C)C)[C@@]34C=C[C@@]2(C)O4)no1. The number of aromatic nitrogens is 1. The lowest BCUT2D eigenvalue weighted by Gasteiger charge is -2.35. The Hall–Kier alpha value is -2.68. The minimum atomic E-state index is -1.19. The fraction of sp³-hybridized carbons (Fsp3) is 0.667. The standard InChI is InChI=1S/C24H34N4O5/c1-13(2)8-11-28-18(20(30)26-22(4,5)6)24-10-9-23(7,33-24)16(17(24)21(28)31)19(29)25-15-12-14(3)32-27-15/h9-10,12-13,16-18H,8,11H2,1-7H3,(H,26,30)(H,25,27,29)/t16-,17-,18+,23+,24+/m0/s1. The van der Waals surface area contributed by atoms with Crippen LogP contribution in [0.15, 0.2) is 22.7 Å². The Morgan fingerprint density at radius 1 is 1.24 bits per heavy atom. The molecule has 2 fully saturated rings. The summed E-state index contributed by atoms with van der Waals surface area (Å²) in [4.78, 5) is 42.3. The Morgan fingerprint density at radius 3 is 2.52 bits per heavy atom. The molecule has 180 valence electrons. The van der Waals surface area contributed by atoms with Crippen LogP contribution in [0.25, 0.3) is 0 Å². The second kappa shape index (κ2) is 7.68. The van der Waals surface area contributed by atoms with E-state index in [0.29, 0.717) is 18.2 Å². The predicted octanol–water partition coefficient (Wildman–Crippen LogP) is 2.42. The van der Waals surface area contributed by atoms with Gasteiger partial charge in [0.1, 0.15) is 17.4 Å². The first kappa shape index (κ1) is 23.5. The van der Waals surface area contributed by atoms with Crippen LogP contribution in [-0.2, 0) is 19.1 Å². The van der Waals surface area contributed by atoms with Crippen molar-refractivity contribution in [1.82, 2.24) is 15.4 Å². The molecule has 3 aliphatic heterocycles. The summed E-state index contributed by atoms with van der Waals surface area (Å²) in [6.07, 6.45) is 4.38. The number of carbonyl (C=O) groups is 3. The molecule has 1 aromatic heterocycles. The molecule has 4 heterocycles. The third kappa shape index (κ3) is 3.86. The van der Waals surface area contributed by atoms with Crippen molar-refractivity contribution in [3.63, 3.8) is 0 Å². The summed E-state index contributed by atoms with van der Waals surface area (Å²) in [5.41, 5.74) is -2.68. The Labute approximate surface area is 194 Å². The zero-order valence-electron chi connectivity index (χ0n) is 20.4. The van der Waals surface area contributed by atoms with Gasteiger partial charge in [0.25, 0.3) is 0 Å². The first-order valence-electron chi connectivity index (χ1n) is 11.5. The van der Waals surface area contributed by atoms with Gasteiger partial charge in [-0.2, -0.15) is 0 Å². The van der Waals surface area contributed by atoms with Crippen molar-refractivity contribution in [2.75, 3.05) is 11.9 Å². The molecular formula is C24H34N4O5. The number of aryl methyl sites for hydroxylation is 1. The Kier molecular flexibility index (Phi) is 5.47. The van der Waals surface area contributed by atoms with Crippen molar-refractivity contribution in [1.29, 1.82) is 0 Å². The van der Waals surface area contributed by atoms with E-state index in [1.807, 2.05) is 32.9 Å². The molecule has 1 spiro atoms. The second-order valence-electron chi connectivity index (χ2n) is 11.1. The number of amides is 3. The highest BCUT2D eigenvalue weighted by molar-refractivity contribution is 6.03. The number of nitrogens with one attached hydrogen (secondary N) is 2. The number of hydrogen-bond donors (Lipinski definition) is 2. The van der Waals surface area contributed by atoms with Crippen LogP contribution in [-0.4, -0.2) is 57.1 Å². The van der Waals surface area contributed by atoms with Gasteiger partial charge < -0.3 is 24.8 Å². The van der Waals surface area contributed by atoms with Crippen LogP contribution >= 0.6 is 0 Å². The molecule has 9 heteroatoms. The van der Waals surface area contributed by atoms with Gasteiger partial charge in [0.2, 0.25) is 17.7 Å². The molecule has 5 atom stereocenters. The van der Waals surface area contributed by atoms with Crippen LogP contribution in [0.3, 0.4) is 0 Å². The molecule has 4 rings (SSSR count). The molecule has 2 bridgehead atoms. The van der Waals surface area contributed by atoms with Gasteiger partial charge in [-0.25, -0.2) is 0 Å². The highest BCUT2D eigenvalue weighted by atomic mass is 16.5. The normalized spacial score (nSPS) is 32.5. The summed E-state index contributed by atoms with van der Waals surface area (Å²) in [7, 11) is 0. The fourth-order valence-corrected chi connectivity index (χ4v) is 5.33. The molecule has 0 radical (unpaired) electrons. The molecule has 1 aromatic rings. The van der Waals surface area contributed by atoms with Crippen LogP contribution in [0.4, 0.5) is 5.82 Å². The average molecular weight is 459 g/mol. The van der Waals surface area contributed by atoms with Gasteiger partial charge in [-0.15, -0.1) is 0 Å². The largest absolute Gasteiger partial charge is 0.360 e. The van der Waals surface area contributed by atoms with Crippen molar-refractivity contribution >= 4 is 23.5 Å². The fourth-order valence-electron chi connectivity index (χ4n) is 5.33. The number of ether oxygens (including phenoxy) is 1. The second-order valence-corrected chi connectivity index (χ2v) is 11.1. The van der Waals surface area contributed by atoms with E-state index in [1.54, 1.807) is 24.8 Å². The van der Waals surface area contributed by atoms with Crippen LogP contribution in [0.5, 0.6) is 0 Å². The number of nitrogens with zero attached hydrogens (tertiary/aromatic N) is 2. The topological polar surface area (TPSA) is 114 Å². The Balaban J connectivity index is 1.71. The van der Waals surface area contributed by atoms with Crippen molar-refractivity contribution in [2.45, 2.75) is 77.7 Å². The van der Waals surface area contributed by atoms with Crippen LogP contribution in [0.2, 0.25) is 0 Å². The summed E-state index contributed by atoms with van der Waals surface area (Å²) in [6, 6.07) is 0.767. The maximum atomic E-state index is 13.8. The van der Waals surface area contributed by atoms with Crippen LogP contribution in [0.1, 0.15) is 53.7 Å². The van der Waals surface area contributed by atoms with Gasteiger partial charge >= 0.3 is 0 Å². The van der Waals surface area contributed by atoms with Crippen molar-refractivity contribution < 1.29 is 23.6 Å². The van der Waals surface area contributed by atoms with Crippen LogP contribution in [0, 0.1) is 24.7 Å². The molecule has 0 unspecified atom stereocenters. The van der Waals surface area contributed by atoms with Gasteiger partial charge in [0, 0.05) is 18.2 Å². The van der Waals surface area contributed by atoms with E-state index in [-0.39, 0.29) is 23.5 Å². The highest BCUT2D eigenvalue weighted by Gasteiger charge is 2.76. The lowest BCUT2D eigenvalue weighted by atomic mass is 9.70. The third-order valence-corrected chi connectivity index (χ3v) is 6.65. The Bertz CT molecular complexity index is 1010. The minimum Gasteiger partial charge on any atom is -0.360 e. The molecule has 9 nitrogen and oxygen atoms in total. The van der Waals surface area contributed by atoms with E-state index in [9.17, 15) is 14.4 Å². The van der Waals surface area contributed by atoms with E-state index in [2.05, 4.69) is 29.6 Å². The lowest BCUT2D eigenvalue weighted by Crippen LogP contribution is -2.58. The van der Waals surface area contributed by atoms with Gasteiger partial charge in [-0.1, -0.05) is 31.2 Å². The van der Waals surface area contributed by atoms with Crippen molar-refractivity contribution in [3.05, 3.63) is 24.0 Å². The quantitative estimate of drug-likeness (QED) is 0.633. The van der Waals surface area contributed by atoms with Crippen molar-refractivity contribution in [2.24, 2.45) is 17.8 Å². The highest BCUT2D eigenvalue weighted by Crippen LogP contribution is 2.59. The average Bonchev–Trinajstić information content (AvgIpc) is 3.36. The molecule has 0 aromatic carbocycles. The Morgan fingerprint density at radius 2 is 1.94 bits per heavy atom.